The van der Waals surface area contributed by atoms with E-state index in [2.05, 4.69) is 6.58 Å². The molecular formula is C24H30O9. The summed E-state index contributed by atoms with van der Waals surface area (Å²) in [5.41, 5.74) is 1.62. The van der Waals surface area contributed by atoms with Gasteiger partial charge in [-0.25, -0.2) is 9.59 Å². The number of ether oxygens (including phenoxy) is 4. The van der Waals surface area contributed by atoms with Crippen LogP contribution in [0.4, 0.5) is 0 Å². The van der Waals surface area contributed by atoms with Crippen molar-refractivity contribution < 1.29 is 43.2 Å². The Morgan fingerprint density at radius 1 is 1.21 bits per heavy atom. The van der Waals surface area contributed by atoms with E-state index in [4.69, 9.17) is 18.9 Å². The maximum absolute atomic E-state index is 13.0. The third kappa shape index (κ3) is 7.42. The summed E-state index contributed by atoms with van der Waals surface area (Å²) < 4.78 is 21.0. The van der Waals surface area contributed by atoms with E-state index >= 15 is 0 Å². The van der Waals surface area contributed by atoms with E-state index in [9.17, 15) is 24.3 Å². The summed E-state index contributed by atoms with van der Waals surface area (Å²) in [6, 6.07) is 0. The van der Waals surface area contributed by atoms with Gasteiger partial charge in [0.25, 0.3) is 0 Å². The standard InChI is InChI=1S/C24H30O9/c1-13-6-7-19(27)14(2)11-21-22(15(3)23(28)32-21)20(10-13)33-24(29)18(12-31-17(5)26)8-9-30-16(4)25/h6,8,11,19-22,27H,3,7,9-10,12H2,1-2,4-5H3/b13-6+,14-11-,18-8-/t19-,20+,21+,22+/m0/s1. The lowest BCUT2D eigenvalue weighted by molar-refractivity contribution is -0.149. The number of hydrogen-bond acceptors (Lipinski definition) is 9. The van der Waals surface area contributed by atoms with Gasteiger partial charge in [0.1, 0.15) is 25.4 Å². The first-order valence-electron chi connectivity index (χ1n) is 10.6. The zero-order valence-corrected chi connectivity index (χ0v) is 19.3. The lowest BCUT2D eigenvalue weighted by Crippen LogP contribution is -2.34. The van der Waals surface area contributed by atoms with E-state index in [1.54, 1.807) is 13.0 Å². The largest absolute Gasteiger partial charge is 0.462 e. The highest BCUT2D eigenvalue weighted by atomic mass is 16.6. The van der Waals surface area contributed by atoms with E-state index in [-0.39, 0.29) is 30.8 Å². The van der Waals surface area contributed by atoms with Crippen LogP contribution in [-0.4, -0.2) is 60.5 Å². The molecule has 1 aliphatic heterocycles. The van der Waals surface area contributed by atoms with Crippen LogP contribution in [0.3, 0.4) is 0 Å². The molecule has 9 heteroatoms. The van der Waals surface area contributed by atoms with Crippen molar-refractivity contribution in [3.63, 3.8) is 0 Å². The molecule has 1 N–H and O–H groups in total. The highest BCUT2D eigenvalue weighted by molar-refractivity contribution is 5.92. The van der Waals surface area contributed by atoms with Crippen molar-refractivity contribution in [1.29, 1.82) is 0 Å². The molecule has 1 heterocycles. The molecule has 4 atom stereocenters. The van der Waals surface area contributed by atoms with E-state index in [0.717, 1.165) is 5.57 Å². The lowest BCUT2D eigenvalue weighted by Gasteiger charge is -2.28. The quantitative estimate of drug-likeness (QED) is 0.273. The van der Waals surface area contributed by atoms with Crippen molar-refractivity contribution >= 4 is 23.9 Å². The Morgan fingerprint density at radius 3 is 2.52 bits per heavy atom. The number of carbonyl (C=O) groups is 4. The fourth-order valence-electron chi connectivity index (χ4n) is 3.55. The molecule has 2 rings (SSSR count). The first-order valence-corrected chi connectivity index (χ1v) is 10.6. The summed E-state index contributed by atoms with van der Waals surface area (Å²) in [7, 11) is 0. The molecular weight excluding hydrogens is 432 g/mol. The van der Waals surface area contributed by atoms with Gasteiger partial charge < -0.3 is 24.1 Å². The second-order valence-corrected chi connectivity index (χ2v) is 8.09. The third-order valence-corrected chi connectivity index (χ3v) is 5.40. The summed E-state index contributed by atoms with van der Waals surface area (Å²) in [6.45, 7) is 9.24. The lowest BCUT2D eigenvalue weighted by atomic mass is 9.85. The van der Waals surface area contributed by atoms with Gasteiger partial charge in [-0.1, -0.05) is 18.2 Å². The molecule has 1 fully saturated rings. The Balaban J connectivity index is 2.35. The van der Waals surface area contributed by atoms with Gasteiger partial charge in [0.2, 0.25) is 0 Å². The van der Waals surface area contributed by atoms with Gasteiger partial charge in [-0.15, -0.1) is 0 Å². The van der Waals surface area contributed by atoms with E-state index < -0.39 is 48.1 Å². The topological polar surface area (TPSA) is 125 Å². The predicted octanol–water partition coefficient (Wildman–Crippen LogP) is 2.10. The minimum absolute atomic E-state index is 0.0141. The number of aliphatic hydroxyl groups is 1. The normalized spacial score (nSPS) is 28.9. The van der Waals surface area contributed by atoms with Crippen LogP contribution in [0.25, 0.3) is 0 Å². The van der Waals surface area contributed by atoms with Crippen LogP contribution in [0, 0.1) is 5.92 Å². The molecule has 180 valence electrons. The van der Waals surface area contributed by atoms with E-state index in [1.165, 1.54) is 19.9 Å². The number of esters is 4. The summed E-state index contributed by atoms with van der Waals surface area (Å²) >= 11 is 0. The summed E-state index contributed by atoms with van der Waals surface area (Å²) in [6.07, 6.45) is 3.13. The van der Waals surface area contributed by atoms with E-state index in [1.807, 2.05) is 13.0 Å². The SMILES string of the molecule is C=C1C(=O)O[C@@H]2/C=C(/C)[C@@H](O)C/C=C(\C)C[C@@H](OC(=O)/C(=C\COC(C)=O)COC(C)=O)[C@@H]12. The van der Waals surface area contributed by atoms with Crippen molar-refractivity contribution in [2.75, 3.05) is 13.2 Å². The number of rotatable bonds is 6. The molecule has 0 aromatic heterocycles. The molecule has 1 saturated heterocycles. The van der Waals surface area contributed by atoms with Crippen molar-refractivity contribution in [3.8, 4) is 0 Å². The van der Waals surface area contributed by atoms with Crippen molar-refractivity contribution in [3.05, 3.63) is 47.1 Å². The van der Waals surface area contributed by atoms with Crippen molar-refractivity contribution in [1.82, 2.24) is 0 Å². The number of aliphatic hydroxyl groups excluding tert-OH is 1. The minimum Gasteiger partial charge on any atom is -0.462 e. The van der Waals surface area contributed by atoms with Crippen LogP contribution < -0.4 is 0 Å². The highest BCUT2D eigenvalue weighted by Gasteiger charge is 2.44. The number of fused-ring (bicyclic) bond motifs is 1. The van der Waals surface area contributed by atoms with Gasteiger partial charge in [-0.3, -0.25) is 9.59 Å². The van der Waals surface area contributed by atoms with Crippen molar-refractivity contribution in [2.45, 2.75) is 58.8 Å². The monoisotopic (exact) mass is 462 g/mol. The molecule has 0 amide bonds. The molecule has 1 aliphatic carbocycles. The smallest absolute Gasteiger partial charge is 0.337 e. The van der Waals surface area contributed by atoms with Crippen LogP contribution in [0.5, 0.6) is 0 Å². The van der Waals surface area contributed by atoms with Crippen molar-refractivity contribution in [2.24, 2.45) is 5.92 Å². The van der Waals surface area contributed by atoms with Gasteiger partial charge in [-0.2, -0.15) is 0 Å². The second kappa shape index (κ2) is 11.6. The average Bonchev–Trinajstić information content (AvgIpc) is 3.00. The van der Waals surface area contributed by atoms with Crippen LogP contribution in [0.2, 0.25) is 0 Å². The zero-order valence-electron chi connectivity index (χ0n) is 19.3. The first kappa shape index (κ1) is 26.1. The predicted molar refractivity (Wildman–Crippen MR) is 116 cm³/mol. The Bertz CT molecular complexity index is 909. The first-order chi connectivity index (χ1) is 15.5. The maximum atomic E-state index is 13.0. The summed E-state index contributed by atoms with van der Waals surface area (Å²) in [5.74, 6) is -3.19. The summed E-state index contributed by atoms with van der Waals surface area (Å²) in [4.78, 5) is 47.6. The summed E-state index contributed by atoms with van der Waals surface area (Å²) in [5, 5.41) is 10.3. The van der Waals surface area contributed by atoms with Crippen LogP contribution in [0.15, 0.2) is 47.1 Å². The minimum atomic E-state index is -0.813. The molecule has 0 aromatic rings. The Kier molecular flexibility index (Phi) is 9.16. The average molecular weight is 462 g/mol. The highest BCUT2D eigenvalue weighted by Crippen LogP contribution is 2.36. The molecule has 0 bridgehead atoms. The second-order valence-electron chi connectivity index (χ2n) is 8.09. The third-order valence-electron chi connectivity index (χ3n) is 5.40. The van der Waals surface area contributed by atoms with Gasteiger partial charge in [0, 0.05) is 25.8 Å². The molecule has 2 aliphatic rings. The molecule has 0 spiro atoms. The zero-order chi connectivity index (χ0) is 24.7. The Labute approximate surface area is 192 Å². The van der Waals surface area contributed by atoms with Gasteiger partial charge >= 0.3 is 23.9 Å². The fraction of sp³-hybridized carbons (Fsp3) is 0.500. The van der Waals surface area contributed by atoms with Crippen LogP contribution in [-0.2, 0) is 38.1 Å². The molecule has 9 nitrogen and oxygen atoms in total. The molecule has 33 heavy (non-hydrogen) atoms. The Hall–Kier alpha value is -3.20. The van der Waals surface area contributed by atoms with E-state index in [0.29, 0.717) is 12.0 Å². The molecule has 0 aromatic carbocycles. The van der Waals surface area contributed by atoms with Gasteiger partial charge in [0.15, 0.2) is 0 Å². The van der Waals surface area contributed by atoms with Gasteiger partial charge in [0.05, 0.1) is 17.6 Å². The molecule has 0 unspecified atom stereocenters. The molecule has 0 saturated carbocycles. The van der Waals surface area contributed by atoms with Crippen LogP contribution in [0.1, 0.15) is 40.5 Å². The molecule has 0 radical (unpaired) electrons. The van der Waals surface area contributed by atoms with Gasteiger partial charge in [-0.05, 0) is 38.0 Å². The van der Waals surface area contributed by atoms with Crippen LogP contribution >= 0.6 is 0 Å². The maximum Gasteiger partial charge on any atom is 0.337 e. The number of hydrogen-bond donors (Lipinski definition) is 1. The number of carbonyl (C=O) groups excluding carboxylic acids is 4. The fourth-order valence-corrected chi connectivity index (χ4v) is 3.55. The Morgan fingerprint density at radius 2 is 1.88 bits per heavy atom.